The Kier molecular flexibility index (Phi) is 5.61. The number of ether oxygens (including phenoxy) is 1. The molecule has 2 heterocycles. The van der Waals surface area contributed by atoms with Crippen LogP contribution in [0.2, 0.25) is 0 Å². The van der Waals surface area contributed by atoms with E-state index >= 15 is 0 Å². The Bertz CT molecular complexity index is 577. The number of pyridine rings is 1. The summed E-state index contributed by atoms with van der Waals surface area (Å²) in [7, 11) is 2.20. The van der Waals surface area contributed by atoms with Crippen molar-refractivity contribution in [3.05, 3.63) is 54.4 Å². The number of benzene rings is 1. The summed E-state index contributed by atoms with van der Waals surface area (Å²) in [6.45, 7) is 5.99. The van der Waals surface area contributed by atoms with Gasteiger partial charge in [0.05, 0.1) is 6.20 Å². The standard InChI is InChI=1S/C19H25N3O/c1-21-12-14-22(15-13-21)11-3-4-17-6-8-18(9-7-17)23-19-5-2-10-20-16-19/h2,5-10,16H,3-4,11-15H2,1H3. The molecule has 0 amide bonds. The van der Waals surface area contributed by atoms with Gasteiger partial charge < -0.3 is 14.5 Å². The van der Waals surface area contributed by atoms with Crippen molar-refractivity contribution in [2.45, 2.75) is 12.8 Å². The Morgan fingerprint density at radius 2 is 1.78 bits per heavy atom. The highest BCUT2D eigenvalue weighted by molar-refractivity contribution is 5.31. The molecule has 4 nitrogen and oxygen atoms in total. The molecule has 0 aliphatic carbocycles. The SMILES string of the molecule is CN1CCN(CCCc2ccc(Oc3cccnc3)cc2)CC1. The minimum atomic E-state index is 0.773. The Hall–Kier alpha value is -1.91. The number of hydrogen-bond donors (Lipinski definition) is 0. The molecule has 1 aromatic carbocycles. The smallest absolute Gasteiger partial charge is 0.145 e. The number of aromatic nitrogens is 1. The monoisotopic (exact) mass is 311 g/mol. The van der Waals surface area contributed by atoms with Crippen molar-refractivity contribution in [1.29, 1.82) is 0 Å². The van der Waals surface area contributed by atoms with Crippen molar-refractivity contribution in [1.82, 2.24) is 14.8 Å². The average Bonchev–Trinajstić information content (AvgIpc) is 2.59. The second-order valence-corrected chi connectivity index (χ2v) is 6.18. The molecule has 1 aliphatic heterocycles. The van der Waals surface area contributed by atoms with E-state index in [0.29, 0.717) is 0 Å². The van der Waals surface area contributed by atoms with E-state index in [1.165, 1.54) is 44.7 Å². The molecule has 0 N–H and O–H groups in total. The first-order chi connectivity index (χ1) is 11.3. The van der Waals surface area contributed by atoms with E-state index in [1.54, 1.807) is 12.4 Å². The molecule has 0 bridgehead atoms. The summed E-state index contributed by atoms with van der Waals surface area (Å²) in [4.78, 5) is 9.02. The van der Waals surface area contributed by atoms with Gasteiger partial charge in [-0.3, -0.25) is 4.98 Å². The highest BCUT2D eigenvalue weighted by Crippen LogP contribution is 2.20. The first-order valence-electron chi connectivity index (χ1n) is 8.37. The number of aryl methyl sites for hydroxylation is 1. The van der Waals surface area contributed by atoms with Crippen molar-refractivity contribution in [2.24, 2.45) is 0 Å². The maximum Gasteiger partial charge on any atom is 0.145 e. The van der Waals surface area contributed by atoms with Crippen LogP contribution in [0, 0.1) is 0 Å². The van der Waals surface area contributed by atoms with E-state index in [9.17, 15) is 0 Å². The quantitative estimate of drug-likeness (QED) is 0.820. The van der Waals surface area contributed by atoms with E-state index < -0.39 is 0 Å². The number of piperazine rings is 1. The maximum atomic E-state index is 5.77. The molecule has 0 unspecified atom stereocenters. The lowest BCUT2D eigenvalue weighted by Gasteiger charge is -2.32. The lowest BCUT2D eigenvalue weighted by Crippen LogP contribution is -2.44. The molecule has 1 aliphatic rings. The fourth-order valence-electron chi connectivity index (χ4n) is 2.85. The third kappa shape index (κ3) is 5.05. The molecule has 4 heteroatoms. The first kappa shape index (κ1) is 16.0. The largest absolute Gasteiger partial charge is 0.456 e. The summed E-state index contributed by atoms with van der Waals surface area (Å²) in [5.41, 5.74) is 1.37. The van der Waals surface area contributed by atoms with E-state index in [0.717, 1.165) is 17.9 Å². The van der Waals surface area contributed by atoms with Crippen LogP contribution in [0.5, 0.6) is 11.5 Å². The van der Waals surface area contributed by atoms with Gasteiger partial charge in [0.25, 0.3) is 0 Å². The minimum absolute atomic E-state index is 0.773. The van der Waals surface area contributed by atoms with E-state index in [1.807, 2.05) is 24.3 Å². The van der Waals surface area contributed by atoms with Crippen LogP contribution in [-0.2, 0) is 6.42 Å². The predicted molar refractivity (Wildman–Crippen MR) is 93.0 cm³/mol. The molecule has 1 aromatic heterocycles. The zero-order valence-corrected chi connectivity index (χ0v) is 13.8. The van der Waals surface area contributed by atoms with Crippen LogP contribution < -0.4 is 4.74 Å². The van der Waals surface area contributed by atoms with E-state index in [4.69, 9.17) is 4.74 Å². The van der Waals surface area contributed by atoms with Crippen LogP contribution in [0.3, 0.4) is 0 Å². The third-order valence-corrected chi connectivity index (χ3v) is 4.33. The van der Waals surface area contributed by atoms with Crippen LogP contribution in [0.4, 0.5) is 0 Å². The molecule has 0 spiro atoms. The topological polar surface area (TPSA) is 28.6 Å². The van der Waals surface area contributed by atoms with Gasteiger partial charge in [0.1, 0.15) is 11.5 Å². The van der Waals surface area contributed by atoms with Crippen LogP contribution in [-0.4, -0.2) is 54.6 Å². The highest BCUT2D eigenvalue weighted by Gasteiger charge is 2.12. The molecule has 2 aromatic rings. The van der Waals surface area contributed by atoms with Gasteiger partial charge in [-0.05, 0) is 56.3 Å². The fourth-order valence-corrected chi connectivity index (χ4v) is 2.85. The second kappa shape index (κ2) is 8.09. The van der Waals surface area contributed by atoms with Crippen LogP contribution in [0.15, 0.2) is 48.8 Å². The van der Waals surface area contributed by atoms with Gasteiger partial charge in [-0.2, -0.15) is 0 Å². The predicted octanol–water partition coefficient (Wildman–Crippen LogP) is 3.05. The Labute approximate surface area is 138 Å². The number of hydrogen-bond acceptors (Lipinski definition) is 4. The number of likely N-dealkylation sites (N-methyl/N-ethyl adjacent to an activating group) is 1. The Balaban J connectivity index is 1.42. The molecule has 0 saturated carbocycles. The van der Waals surface area contributed by atoms with Crippen LogP contribution in [0.1, 0.15) is 12.0 Å². The molecular formula is C19H25N3O. The van der Waals surface area contributed by atoms with E-state index in [-0.39, 0.29) is 0 Å². The van der Waals surface area contributed by atoms with Gasteiger partial charge in [-0.1, -0.05) is 12.1 Å². The minimum Gasteiger partial charge on any atom is -0.456 e. The molecule has 0 atom stereocenters. The van der Waals surface area contributed by atoms with Gasteiger partial charge in [0.2, 0.25) is 0 Å². The van der Waals surface area contributed by atoms with Gasteiger partial charge in [0, 0.05) is 32.4 Å². The fraction of sp³-hybridized carbons (Fsp3) is 0.421. The van der Waals surface area contributed by atoms with Gasteiger partial charge in [0.15, 0.2) is 0 Å². The zero-order valence-electron chi connectivity index (χ0n) is 13.8. The van der Waals surface area contributed by atoms with Gasteiger partial charge in [-0.25, -0.2) is 0 Å². The Morgan fingerprint density at radius 3 is 2.48 bits per heavy atom. The number of rotatable bonds is 6. The summed E-state index contributed by atoms with van der Waals surface area (Å²) in [5, 5.41) is 0. The average molecular weight is 311 g/mol. The van der Waals surface area contributed by atoms with E-state index in [2.05, 4.69) is 34.0 Å². The molecule has 1 saturated heterocycles. The normalized spacial score (nSPS) is 16.4. The Morgan fingerprint density at radius 1 is 1.00 bits per heavy atom. The van der Waals surface area contributed by atoms with Crippen molar-refractivity contribution in [3.63, 3.8) is 0 Å². The summed E-state index contributed by atoms with van der Waals surface area (Å²) >= 11 is 0. The summed E-state index contributed by atoms with van der Waals surface area (Å²) in [6.07, 6.45) is 5.81. The van der Waals surface area contributed by atoms with Crippen molar-refractivity contribution in [2.75, 3.05) is 39.8 Å². The highest BCUT2D eigenvalue weighted by atomic mass is 16.5. The first-order valence-corrected chi connectivity index (χ1v) is 8.37. The molecule has 23 heavy (non-hydrogen) atoms. The van der Waals surface area contributed by atoms with Crippen molar-refractivity contribution >= 4 is 0 Å². The second-order valence-electron chi connectivity index (χ2n) is 6.18. The maximum absolute atomic E-state index is 5.77. The molecule has 122 valence electrons. The summed E-state index contributed by atoms with van der Waals surface area (Å²) in [6, 6.07) is 12.2. The van der Waals surface area contributed by atoms with Crippen LogP contribution in [0.25, 0.3) is 0 Å². The lowest BCUT2D eigenvalue weighted by atomic mass is 10.1. The summed E-state index contributed by atoms with van der Waals surface area (Å²) < 4.78 is 5.77. The lowest BCUT2D eigenvalue weighted by molar-refractivity contribution is 0.153. The molecular weight excluding hydrogens is 286 g/mol. The molecule has 3 rings (SSSR count). The van der Waals surface area contributed by atoms with Gasteiger partial charge in [-0.15, -0.1) is 0 Å². The van der Waals surface area contributed by atoms with Crippen LogP contribution >= 0.6 is 0 Å². The number of nitrogens with zero attached hydrogens (tertiary/aromatic N) is 3. The zero-order chi connectivity index (χ0) is 15.9. The van der Waals surface area contributed by atoms with Crippen molar-refractivity contribution < 1.29 is 4.74 Å². The molecule has 1 fully saturated rings. The summed E-state index contributed by atoms with van der Waals surface area (Å²) in [5.74, 6) is 1.64. The van der Waals surface area contributed by atoms with Gasteiger partial charge >= 0.3 is 0 Å². The van der Waals surface area contributed by atoms with Crippen molar-refractivity contribution in [3.8, 4) is 11.5 Å². The third-order valence-electron chi connectivity index (χ3n) is 4.33. The molecule has 0 radical (unpaired) electrons.